The van der Waals surface area contributed by atoms with Gasteiger partial charge in [0.1, 0.15) is 24.4 Å². The van der Waals surface area contributed by atoms with Crippen LogP contribution in [0.5, 0.6) is 11.5 Å². The molecule has 2 heterocycles. The molecule has 4 aromatic carbocycles. The molecule has 1 aliphatic heterocycles. The van der Waals surface area contributed by atoms with Crippen molar-refractivity contribution in [2.45, 2.75) is 41.0 Å². The molecule has 0 saturated carbocycles. The molecule has 0 unspecified atom stereocenters. The van der Waals surface area contributed by atoms with E-state index in [0.29, 0.717) is 5.39 Å². The number of benzene rings is 4. The van der Waals surface area contributed by atoms with Crippen LogP contribution in [0.2, 0.25) is 0 Å². The van der Waals surface area contributed by atoms with E-state index in [1.807, 2.05) is 12.1 Å². The highest BCUT2D eigenvalue weighted by molar-refractivity contribution is 6.16. The van der Waals surface area contributed by atoms with Crippen LogP contribution in [-0.2, 0) is 13.5 Å². The molecule has 0 fully saturated rings. The van der Waals surface area contributed by atoms with Gasteiger partial charge in [-0.25, -0.2) is 8.96 Å². The van der Waals surface area contributed by atoms with E-state index < -0.39 is 0 Å². The average Bonchev–Trinajstić information content (AvgIpc) is 2.78. The quantitative estimate of drug-likeness (QED) is 0.182. The fraction of sp³-hybridized carbons (Fsp3) is 0.258. The number of fused-ring (bicyclic) bond motifs is 5. The summed E-state index contributed by atoms with van der Waals surface area (Å²) in [4.78, 5) is 0. The van der Waals surface area contributed by atoms with Crippen molar-refractivity contribution in [1.29, 1.82) is 0 Å². The van der Waals surface area contributed by atoms with Crippen molar-refractivity contribution >= 4 is 32.3 Å². The normalized spacial score (nSPS) is 12.9. The standard InChI is InChI=1S/C31H29FNO/c1-17-10-11-20-22(14-17)18(2)27-29-28-21(12-13-33(29)6)19-8-7-9-25(32)23(19)15-26(28)34-30(27)24(20)16-31(3,4)5/h7-15H,16H2,1-6H3/q+1. The Morgan fingerprint density at radius 1 is 0.882 bits per heavy atom. The van der Waals surface area contributed by atoms with Gasteiger partial charge < -0.3 is 4.74 Å². The minimum absolute atomic E-state index is 0.0776. The maximum atomic E-state index is 14.9. The molecule has 5 aromatic rings. The Morgan fingerprint density at radius 2 is 1.68 bits per heavy atom. The molecule has 6 rings (SSSR count). The second-order valence-electron chi connectivity index (χ2n) is 11.0. The van der Waals surface area contributed by atoms with Gasteiger partial charge in [0.15, 0.2) is 6.20 Å². The molecular weight excluding hydrogens is 421 g/mol. The van der Waals surface area contributed by atoms with Crippen molar-refractivity contribution in [3.8, 4) is 22.8 Å². The van der Waals surface area contributed by atoms with Crippen LogP contribution in [0.4, 0.5) is 4.39 Å². The van der Waals surface area contributed by atoms with Gasteiger partial charge in [-0.15, -0.1) is 0 Å². The molecule has 0 amide bonds. The molecule has 1 aliphatic rings. The smallest absolute Gasteiger partial charge is 0.228 e. The van der Waals surface area contributed by atoms with E-state index >= 15 is 0 Å². The maximum absolute atomic E-state index is 14.9. The predicted octanol–water partition coefficient (Wildman–Crippen LogP) is 8.09. The first-order valence-corrected chi connectivity index (χ1v) is 11.9. The number of hydrogen-bond acceptors (Lipinski definition) is 1. The van der Waals surface area contributed by atoms with E-state index in [2.05, 4.69) is 76.7 Å². The summed E-state index contributed by atoms with van der Waals surface area (Å²) in [5.74, 6) is 1.42. The summed E-state index contributed by atoms with van der Waals surface area (Å²) in [7, 11) is 2.09. The van der Waals surface area contributed by atoms with Gasteiger partial charge in [0.05, 0.1) is 10.9 Å². The second kappa shape index (κ2) is 7.02. The third kappa shape index (κ3) is 2.96. The van der Waals surface area contributed by atoms with Crippen LogP contribution in [0.25, 0.3) is 43.6 Å². The van der Waals surface area contributed by atoms with E-state index in [4.69, 9.17) is 4.74 Å². The van der Waals surface area contributed by atoms with Crippen LogP contribution < -0.4 is 9.30 Å². The van der Waals surface area contributed by atoms with E-state index in [1.54, 1.807) is 6.07 Å². The molecule has 0 N–H and O–H groups in total. The fourth-order valence-corrected chi connectivity index (χ4v) is 5.65. The van der Waals surface area contributed by atoms with Gasteiger partial charge >= 0.3 is 0 Å². The molecule has 34 heavy (non-hydrogen) atoms. The largest absolute Gasteiger partial charge is 0.455 e. The van der Waals surface area contributed by atoms with Crippen LogP contribution in [0.1, 0.15) is 37.5 Å². The summed E-state index contributed by atoms with van der Waals surface area (Å²) in [6.45, 7) is 11.1. The molecule has 0 saturated heterocycles. The topological polar surface area (TPSA) is 13.1 Å². The minimum atomic E-state index is -0.222. The van der Waals surface area contributed by atoms with E-state index in [0.717, 1.165) is 45.3 Å². The number of rotatable bonds is 1. The first-order valence-electron chi connectivity index (χ1n) is 11.9. The number of pyridine rings is 1. The molecule has 3 heteroatoms. The summed E-state index contributed by atoms with van der Waals surface area (Å²) >= 11 is 0. The molecule has 0 spiro atoms. The molecule has 1 aromatic heterocycles. The zero-order valence-corrected chi connectivity index (χ0v) is 20.6. The Labute approximate surface area is 199 Å². The SMILES string of the molecule is Cc1ccc2c(CC(C)(C)C)c3c(c(C)c2c1)-c1c2c(cc4c(F)cccc4c2cc[n+]1C)O3. The number of nitrogens with zero attached hydrogens (tertiary/aromatic N) is 1. The van der Waals surface area contributed by atoms with Crippen molar-refractivity contribution in [3.63, 3.8) is 0 Å². The zero-order valence-electron chi connectivity index (χ0n) is 20.6. The van der Waals surface area contributed by atoms with Gasteiger partial charge in [-0.05, 0) is 59.5 Å². The van der Waals surface area contributed by atoms with Gasteiger partial charge in [0, 0.05) is 22.4 Å². The van der Waals surface area contributed by atoms with E-state index in [9.17, 15) is 4.39 Å². The van der Waals surface area contributed by atoms with E-state index in [-0.39, 0.29) is 11.2 Å². The van der Waals surface area contributed by atoms with E-state index in [1.165, 1.54) is 33.5 Å². The molecule has 0 aliphatic carbocycles. The second-order valence-corrected chi connectivity index (χ2v) is 11.0. The van der Waals surface area contributed by atoms with Gasteiger partial charge in [0.25, 0.3) is 0 Å². The monoisotopic (exact) mass is 450 g/mol. The highest BCUT2D eigenvalue weighted by atomic mass is 19.1. The number of hydrogen-bond donors (Lipinski definition) is 0. The number of aromatic nitrogens is 1. The first kappa shape index (κ1) is 21.1. The van der Waals surface area contributed by atoms with Gasteiger partial charge in [-0.2, -0.15) is 0 Å². The summed E-state index contributed by atoms with van der Waals surface area (Å²) < 4.78 is 23.8. The Kier molecular flexibility index (Phi) is 4.36. The lowest BCUT2D eigenvalue weighted by atomic mass is 9.81. The van der Waals surface area contributed by atoms with Gasteiger partial charge in [-0.1, -0.05) is 56.7 Å². The fourth-order valence-electron chi connectivity index (χ4n) is 5.65. The van der Waals surface area contributed by atoms with Crippen LogP contribution >= 0.6 is 0 Å². The van der Waals surface area contributed by atoms with Crippen LogP contribution in [-0.4, -0.2) is 0 Å². The Balaban J connectivity index is 1.83. The maximum Gasteiger partial charge on any atom is 0.228 e. The van der Waals surface area contributed by atoms with Crippen molar-refractivity contribution < 1.29 is 13.7 Å². The lowest BCUT2D eigenvalue weighted by Crippen LogP contribution is -2.32. The summed E-state index contributed by atoms with van der Waals surface area (Å²) in [6.07, 6.45) is 2.97. The third-order valence-electron chi connectivity index (χ3n) is 7.12. The van der Waals surface area contributed by atoms with Crippen molar-refractivity contribution in [2.24, 2.45) is 12.5 Å². The molecule has 2 nitrogen and oxygen atoms in total. The third-order valence-corrected chi connectivity index (χ3v) is 7.12. The molecule has 0 bridgehead atoms. The first-order chi connectivity index (χ1) is 16.1. The number of ether oxygens (including phenoxy) is 1. The van der Waals surface area contributed by atoms with Gasteiger partial charge in [0.2, 0.25) is 5.69 Å². The van der Waals surface area contributed by atoms with Crippen molar-refractivity contribution in [1.82, 2.24) is 0 Å². The molecule has 0 radical (unpaired) electrons. The highest BCUT2D eigenvalue weighted by Crippen LogP contribution is 2.52. The predicted molar refractivity (Wildman–Crippen MR) is 138 cm³/mol. The van der Waals surface area contributed by atoms with Gasteiger partial charge in [-0.3, -0.25) is 0 Å². The lowest BCUT2D eigenvalue weighted by molar-refractivity contribution is -0.659. The van der Waals surface area contributed by atoms with Crippen LogP contribution in [0.15, 0.2) is 54.7 Å². The summed E-state index contributed by atoms with van der Waals surface area (Å²) in [5, 5.41) is 6.09. The summed E-state index contributed by atoms with van der Waals surface area (Å²) in [5.41, 5.74) is 6.05. The minimum Gasteiger partial charge on any atom is -0.455 e. The lowest BCUT2D eigenvalue weighted by Gasteiger charge is -2.28. The average molecular weight is 451 g/mol. The van der Waals surface area contributed by atoms with Crippen molar-refractivity contribution in [3.05, 3.63) is 77.2 Å². The zero-order chi connectivity index (χ0) is 23.9. The molecule has 170 valence electrons. The van der Waals surface area contributed by atoms with Crippen molar-refractivity contribution in [2.75, 3.05) is 0 Å². The molecule has 0 atom stereocenters. The van der Waals surface area contributed by atoms with Crippen LogP contribution in [0, 0.1) is 25.1 Å². The van der Waals surface area contributed by atoms with Crippen LogP contribution in [0.3, 0.4) is 0 Å². The molecular formula is C31H29FNO+. The Morgan fingerprint density at radius 3 is 2.44 bits per heavy atom. The summed E-state index contributed by atoms with van der Waals surface area (Å²) in [6, 6.07) is 16.0. The number of halogens is 1. The number of aryl methyl sites for hydroxylation is 3. The Bertz CT molecular complexity index is 1670. The Hall–Kier alpha value is -3.46. The highest BCUT2D eigenvalue weighted by Gasteiger charge is 2.34.